The van der Waals surface area contributed by atoms with Crippen LogP contribution >= 0.6 is 0 Å². The Bertz CT molecular complexity index is 696. The zero-order valence-electron chi connectivity index (χ0n) is 14.1. The largest absolute Gasteiger partial charge is 0.348 e. The maximum Gasteiger partial charge on any atom is 0.251 e. The van der Waals surface area contributed by atoms with E-state index in [4.69, 9.17) is 0 Å². The first-order chi connectivity index (χ1) is 11.6. The normalized spacial score (nSPS) is 10.2. The first kappa shape index (κ1) is 17.7. The minimum atomic E-state index is -0.103. The van der Waals surface area contributed by atoms with Crippen LogP contribution in [-0.2, 0) is 17.8 Å². The second-order valence-corrected chi connectivity index (χ2v) is 5.57. The highest BCUT2D eigenvalue weighted by atomic mass is 16.2. The molecule has 0 heterocycles. The van der Waals surface area contributed by atoms with Crippen molar-refractivity contribution in [3.05, 3.63) is 65.2 Å². The smallest absolute Gasteiger partial charge is 0.251 e. The lowest BCUT2D eigenvalue weighted by molar-refractivity contribution is -0.114. The highest BCUT2D eigenvalue weighted by molar-refractivity contribution is 5.95. The van der Waals surface area contributed by atoms with Gasteiger partial charge in [-0.05, 0) is 49.3 Å². The van der Waals surface area contributed by atoms with Crippen molar-refractivity contribution >= 4 is 17.5 Å². The number of rotatable bonds is 7. The third-order valence-electron chi connectivity index (χ3n) is 3.63. The van der Waals surface area contributed by atoms with Gasteiger partial charge < -0.3 is 16.0 Å². The van der Waals surface area contributed by atoms with Crippen LogP contribution in [0.3, 0.4) is 0 Å². The molecule has 0 spiro atoms. The molecule has 0 aliphatic heterocycles. The Morgan fingerprint density at radius 3 is 2.38 bits per heavy atom. The number of benzene rings is 2. The average molecular weight is 325 g/mol. The van der Waals surface area contributed by atoms with Gasteiger partial charge in [0.15, 0.2) is 0 Å². The fraction of sp³-hybridized carbons (Fsp3) is 0.263. The van der Waals surface area contributed by atoms with Crippen LogP contribution in [0.15, 0.2) is 48.5 Å². The number of anilines is 1. The molecule has 0 unspecified atom stereocenters. The third-order valence-corrected chi connectivity index (χ3v) is 3.63. The van der Waals surface area contributed by atoms with Crippen LogP contribution in [0.5, 0.6) is 0 Å². The number of carbonyl (C=O) groups is 2. The van der Waals surface area contributed by atoms with Crippen molar-refractivity contribution in [1.29, 1.82) is 0 Å². The summed E-state index contributed by atoms with van der Waals surface area (Å²) in [6.07, 6.45) is 0.811. The third kappa shape index (κ3) is 5.21. The Kier molecular flexibility index (Phi) is 6.51. The summed E-state index contributed by atoms with van der Waals surface area (Å²) >= 11 is 0. The molecule has 5 nitrogen and oxygen atoms in total. The van der Waals surface area contributed by atoms with E-state index in [0.717, 1.165) is 29.8 Å². The zero-order chi connectivity index (χ0) is 17.4. The Morgan fingerprint density at radius 2 is 1.71 bits per heavy atom. The van der Waals surface area contributed by atoms with Gasteiger partial charge >= 0.3 is 0 Å². The van der Waals surface area contributed by atoms with Crippen molar-refractivity contribution in [2.75, 3.05) is 18.9 Å². The highest BCUT2D eigenvalue weighted by Gasteiger charge is 2.10. The summed E-state index contributed by atoms with van der Waals surface area (Å²) in [6.45, 7) is 2.74. The molecule has 0 saturated heterocycles. The molecule has 0 fully saturated rings. The van der Waals surface area contributed by atoms with Crippen LogP contribution in [-0.4, -0.2) is 25.4 Å². The molecule has 5 heteroatoms. The summed E-state index contributed by atoms with van der Waals surface area (Å²) in [5.41, 5.74) is 3.47. The van der Waals surface area contributed by atoms with Gasteiger partial charge in [0, 0.05) is 24.7 Å². The molecule has 126 valence electrons. The minimum Gasteiger partial charge on any atom is -0.348 e. The first-order valence-electron chi connectivity index (χ1n) is 7.97. The summed E-state index contributed by atoms with van der Waals surface area (Å²) in [5, 5.41) is 8.76. The zero-order valence-corrected chi connectivity index (χ0v) is 14.1. The molecule has 0 aromatic heterocycles. The highest BCUT2D eigenvalue weighted by Crippen LogP contribution is 2.11. The van der Waals surface area contributed by atoms with E-state index in [1.54, 1.807) is 0 Å². The maximum atomic E-state index is 12.4. The fourth-order valence-electron chi connectivity index (χ4n) is 2.41. The summed E-state index contributed by atoms with van der Waals surface area (Å²) in [7, 11) is 1.90. The number of amides is 2. The Morgan fingerprint density at radius 1 is 1.00 bits per heavy atom. The lowest BCUT2D eigenvalue weighted by Gasteiger charge is -2.10. The van der Waals surface area contributed by atoms with Gasteiger partial charge in [0.1, 0.15) is 0 Å². The maximum absolute atomic E-state index is 12.4. The molecule has 0 aliphatic carbocycles. The molecule has 0 radical (unpaired) electrons. The monoisotopic (exact) mass is 325 g/mol. The van der Waals surface area contributed by atoms with Gasteiger partial charge in [-0.25, -0.2) is 0 Å². The summed E-state index contributed by atoms with van der Waals surface area (Å²) in [4.78, 5) is 23.4. The molecule has 2 rings (SSSR count). The lowest BCUT2D eigenvalue weighted by atomic mass is 10.0. The van der Waals surface area contributed by atoms with Crippen molar-refractivity contribution in [1.82, 2.24) is 10.6 Å². The molecule has 3 N–H and O–H groups in total. The molecular weight excluding hydrogens is 302 g/mol. The number of hydrogen-bond acceptors (Lipinski definition) is 3. The van der Waals surface area contributed by atoms with Crippen molar-refractivity contribution in [3.8, 4) is 0 Å². The van der Waals surface area contributed by atoms with Crippen molar-refractivity contribution in [3.63, 3.8) is 0 Å². The molecule has 2 amide bonds. The van der Waals surface area contributed by atoms with Crippen LogP contribution in [0.2, 0.25) is 0 Å². The van der Waals surface area contributed by atoms with Gasteiger partial charge in [-0.1, -0.05) is 30.3 Å². The van der Waals surface area contributed by atoms with Gasteiger partial charge in [0.05, 0.1) is 0 Å². The number of likely N-dealkylation sites (N-methyl/N-ethyl adjacent to an activating group) is 1. The van der Waals surface area contributed by atoms with Crippen molar-refractivity contribution in [2.24, 2.45) is 0 Å². The van der Waals surface area contributed by atoms with Gasteiger partial charge in [0.2, 0.25) is 5.91 Å². The molecular formula is C19H23N3O2. The molecule has 0 saturated carbocycles. The average Bonchev–Trinajstić information content (AvgIpc) is 2.59. The number of hydrogen-bond donors (Lipinski definition) is 3. The van der Waals surface area contributed by atoms with Crippen LogP contribution in [0, 0.1) is 0 Å². The number of nitrogens with one attached hydrogen (secondary N) is 3. The van der Waals surface area contributed by atoms with Crippen molar-refractivity contribution < 1.29 is 9.59 Å². The van der Waals surface area contributed by atoms with E-state index in [1.807, 2.05) is 55.6 Å². The van der Waals surface area contributed by atoms with E-state index < -0.39 is 0 Å². The summed E-state index contributed by atoms with van der Waals surface area (Å²) < 4.78 is 0. The summed E-state index contributed by atoms with van der Waals surface area (Å²) in [6, 6.07) is 15.1. The van der Waals surface area contributed by atoms with E-state index in [9.17, 15) is 9.59 Å². The Labute approximate surface area is 142 Å². The quantitative estimate of drug-likeness (QED) is 0.732. The van der Waals surface area contributed by atoms with Crippen LogP contribution < -0.4 is 16.0 Å². The standard InChI is InChI=1S/C19H23N3O2/c1-14(23)22-17-9-7-15(8-10-17)13-21-19(24)18-6-4-3-5-16(18)11-12-20-2/h3-10,20H,11-13H2,1-2H3,(H,21,24)(H,22,23). The van der Waals surface area contributed by atoms with Crippen LogP contribution in [0.4, 0.5) is 5.69 Å². The molecule has 2 aromatic carbocycles. The van der Waals surface area contributed by atoms with Crippen LogP contribution in [0.1, 0.15) is 28.4 Å². The van der Waals surface area contributed by atoms with Gasteiger partial charge in [-0.3, -0.25) is 9.59 Å². The summed E-state index contributed by atoms with van der Waals surface area (Å²) in [5.74, 6) is -0.179. The van der Waals surface area contributed by atoms with E-state index in [1.165, 1.54) is 6.92 Å². The first-order valence-corrected chi connectivity index (χ1v) is 7.97. The van der Waals surface area contributed by atoms with E-state index in [-0.39, 0.29) is 11.8 Å². The van der Waals surface area contributed by atoms with E-state index >= 15 is 0 Å². The van der Waals surface area contributed by atoms with Crippen molar-refractivity contribution in [2.45, 2.75) is 19.9 Å². The minimum absolute atomic E-state index is 0.0763. The SMILES string of the molecule is CNCCc1ccccc1C(=O)NCc1ccc(NC(C)=O)cc1. The topological polar surface area (TPSA) is 70.2 Å². The second kappa shape index (κ2) is 8.84. The lowest BCUT2D eigenvalue weighted by Crippen LogP contribution is -2.24. The van der Waals surface area contributed by atoms with Gasteiger partial charge in [-0.2, -0.15) is 0 Å². The fourth-order valence-corrected chi connectivity index (χ4v) is 2.41. The van der Waals surface area contributed by atoms with Gasteiger partial charge in [-0.15, -0.1) is 0 Å². The number of carbonyl (C=O) groups excluding carboxylic acids is 2. The molecule has 2 aromatic rings. The Balaban J connectivity index is 1.97. The van der Waals surface area contributed by atoms with E-state index in [0.29, 0.717) is 12.1 Å². The molecule has 0 bridgehead atoms. The molecule has 0 atom stereocenters. The molecule has 0 aliphatic rings. The molecule has 24 heavy (non-hydrogen) atoms. The second-order valence-electron chi connectivity index (χ2n) is 5.57. The van der Waals surface area contributed by atoms with E-state index in [2.05, 4.69) is 16.0 Å². The van der Waals surface area contributed by atoms with Gasteiger partial charge in [0.25, 0.3) is 5.91 Å². The predicted molar refractivity (Wildman–Crippen MR) is 96.0 cm³/mol. The Hall–Kier alpha value is -2.66. The van der Waals surface area contributed by atoms with Crippen LogP contribution in [0.25, 0.3) is 0 Å². The predicted octanol–water partition coefficient (Wildman–Crippen LogP) is 2.34.